The standard InChI is InChI=1S/C16H22F2N2/c1-2-3-4-7-14(17)11-15(18)9-8-13-6-5-10-20-16(13)12-19/h5-6,10,14-15H,2-4,7-9,11H2,1H3. The zero-order valence-corrected chi connectivity index (χ0v) is 12.0. The summed E-state index contributed by atoms with van der Waals surface area (Å²) in [5.41, 5.74) is 1.07. The first-order valence-corrected chi connectivity index (χ1v) is 7.29. The van der Waals surface area contributed by atoms with Crippen molar-refractivity contribution >= 4 is 0 Å². The van der Waals surface area contributed by atoms with Crippen molar-refractivity contribution in [3.05, 3.63) is 29.6 Å². The van der Waals surface area contributed by atoms with Crippen molar-refractivity contribution in [1.82, 2.24) is 4.98 Å². The number of aryl methyl sites for hydroxylation is 1. The van der Waals surface area contributed by atoms with E-state index in [2.05, 4.69) is 11.9 Å². The van der Waals surface area contributed by atoms with Gasteiger partial charge < -0.3 is 0 Å². The Balaban J connectivity index is 2.32. The van der Waals surface area contributed by atoms with Gasteiger partial charge in [0.1, 0.15) is 24.1 Å². The molecular weight excluding hydrogens is 258 g/mol. The van der Waals surface area contributed by atoms with Gasteiger partial charge in [-0.1, -0.05) is 32.3 Å². The number of hydrogen-bond acceptors (Lipinski definition) is 2. The van der Waals surface area contributed by atoms with Gasteiger partial charge in [-0.3, -0.25) is 0 Å². The first-order chi connectivity index (χ1) is 9.67. The first-order valence-electron chi connectivity index (χ1n) is 7.29. The van der Waals surface area contributed by atoms with Crippen LogP contribution < -0.4 is 0 Å². The van der Waals surface area contributed by atoms with Crippen LogP contribution in [0.5, 0.6) is 0 Å². The number of alkyl halides is 2. The number of pyridine rings is 1. The second-order valence-electron chi connectivity index (χ2n) is 5.09. The van der Waals surface area contributed by atoms with Gasteiger partial charge in [-0.05, 0) is 30.9 Å². The predicted octanol–water partition coefficient (Wildman–Crippen LogP) is 4.53. The molecule has 110 valence electrons. The van der Waals surface area contributed by atoms with Gasteiger partial charge in [-0.25, -0.2) is 13.8 Å². The fourth-order valence-electron chi connectivity index (χ4n) is 2.18. The predicted molar refractivity (Wildman–Crippen MR) is 75.8 cm³/mol. The highest BCUT2D eigenvalue weighted by Gasteiger charge is 2.15. The van der Waals surface area contributed by atoms with Crippen molar-refractivity contribution in [2.75, 3.05) is 0 Å². The summed E-state index contributed by atoms with van der Waals surface area (Å²) in [5.74, 6) is 0. The maximum atomic E-state index is 13.7. The van der Waals surface area contributed by atoms with Crippen molar-refractivity contribution < 1.29 is 8.78 Å². The van der Waals surface area contributed by atoms with Gasteiger partial charge in [0.15, 0.2) is 0 Å². The lowest BCUT2D eigenvalue weighted by molar-refractivity contribution is 0.199. The molecule has 1 rings (SSSR count). The number of nitriles is 1. The van der Waals surface area contributed by atoms with Crippen LogP contribution in [0.4, 0.5) is 8.78 Å². The molecule has 0 aliphatic carbocycles. The van der Waals surface area contributed by atoms with E-state index in [1.54, 1.807) is 18.3 Å². The number of rotatable bonds is 9. The number of halogens is 2. The SMILES string of the molecule is CCCCCC(F)CC(F)CCc1cccnc1C#N. The Morgan fingerprint density at radius 2 is 2.00 bits per heavy atom. The van der Waals surface area contributed by atoms with E-state index >= 15 is 0 Å². The molecule has 0 aliphatic rings. The Kier molecular flexibility index (Phi) is 7.79. The number of nitrogens with zero attached hydrogens (tertiary/aromatic N) is 2. The smallest absolute Gasteiger partial charge is 0.143 e. The van der Waals surface area contributed by atoms with E-state index in [4.69, 9.17) is 5.26 Å². The average molecular weight is 280 g/mol. The molecule has 0 radical (unpaired) electrons. The van der Waals surface area contributed by atoms with E-state index in [-0.39, 0.29) is 12.8 Å². The van der Waals surface area contributed by atoms with E-state index < -0.39 is 12.3 Å². The van der Waals surface area contributed by atoms with Crippen LogP contribution in [0.2, 0.25) is 0 Å². The zero-order valence-electron chi connectivity index (χ0n) is 12.0. The van der Waals surface area contributed by atoms with Gasteiger partial charge in [0.25, 0.3) is 0 Å². The van der Waals surface area contributed by atoms with Gasteiger partial charge in [0.2, 0.25) is 0 Å². The molecule has 0 amide bonds. The third-order valence-electron chi connectivity index (χ3n) is 3.36. The lowest BCUT2D eigenvalue weighted by Gasteiger charge is -2.12. The van der Waals surface area contributed by atoms with Crippen molar-refractivity contribution in [2.45, 2.75) is 64.2 Å². The van der Waals surface area contributed by atoms with E-state index in [9.17, 15) is 8.78 Å². The van der Waals surface area contributed by atoms with Crippen LogP contribution in [0.3, 0.4) is 0 Å². The van der Waals surface area contributed by atoms with Crippen LogP contribution in [0, 0.1) is 11.3 Å². The quantitative estimate of drug-likeness (QED) is 0.623. The van der Waals surface area contributed by atoms with E-state index in [1.807, 2.05) is 6.07 Å². The van der Waals surface area contributed by atoms with Crippen LogP contribution in [0.15, 0.2) is 18.3 Å². The minimum absolute atomic E-state index is 0.0358. The highest BCUT2D eigenvalue weighted by molar-refractivity contribution is 5.30. The van der Waals surface area contributed by atoms with Gasteiger partial charge in [0, 0.05) is 12.6 Å². The maximum Gasteiger partial charge on any atom is 0.143 e. The molecule has 0 saturated carbocycles. The maximum absolute atomic E-state index is 13.7. The van der Waals surface area contributed by atoms with E-state index in [1.165, 1.54) is 0 Å². The third-order valence-corrected chi connectivity index (χ3v) is 3.36. The van der Waals surface area contributed by atoms with Crippen molar-refractivity contribution in [3.63, 3.8) is 0 Å². The number of unbranched alkanes of at least 4 members (excludes halogenated alkanes) is 2. The Bertz CT molecular complexity index is 429. The number of hydrogen-bond donors (Lipinski definition) is 0. The van der Waals surface area contributed by atoms with Crippen LogP contribution in [0.1, 0.15) is 56.7 Å². The molecule has 20 heavy (non-hydrogen) atoms. The fourth-order valence-corrected chi connectivity index (χ4v) is 2.18. The molecule has 0 aromatic carbocycles. The summed E-state index contributed by atoms with van der Waals surface area (Å²) < 4.78 is 27.3. The fraction of sp³-hybridized carbons (Fsp3) is 0.625. The van der Waals surface area contributed by atoms with Crippen molar-refractivity contribution in [3.8, 4) is 6.07 Å². The average Bonchev–Trinajstić information content (AvgIpc) is 2.45. The first kappa shape index (κ1) is 16.6. The monoisotopic (exact) mass is 280 g/mol. The zero-order chi connectivity index (χ0) is 14.8. The molecule has 0 saturated heterocycles. The Morgan fingerprint density at radius 1 is 1.25 bits per heavy atom. The van der Waals surface area contributed by atoms with Crippen molar-refractivity contribution in [1.29, 1.82) is 5.26 Å². The Hall–Kier alpha value is -1.50. The highest BCUT2D eigenvalue weighted by Crippen LogP contribution is 2.18. The second-order valence-corrected chi connectivity index (χ2v) is 5.09. The van der Waals surface area contributed by atoms with Crippen LogP contribution in [-0.2, 0) is 6.42 Å². The lowest BCUT2D eigenvalue weighted by Crippen LogP contribution is -2.12. The third kappa shape index (κ3) is 6.10. The molecule has 2 atom stereocenters. The summed E-state index contributed by atoms with van der Waals surface area (Å²) in [6.07, 6.45) is 3.29. The molecule has 0 N–H and O–H groups in total. The van der Waals surface area contributed by atoms with Gasteiger partial charge >= 0.3 is 0 Å². The molecule has 4 heteroatoms. The summed E-state index contributed by atoms with van der Waals surface area (Å²) in [6, 6.07) is 5.49. The molecule has 0 fully saturated rings. The number of aromatic nitrogens is 1. The summed E-state index contributed by atoms with van der Waals surface area (Å²) in [7, 11) is 0. The highest BCUT2D eigenvalue weighted by atomic mass is 19.1. The normalized spacial score (nSPS) is 13.7. The summed E-state index contributed by atoms with van der Waals surface area (Å²) in [4.78, 5) is 3.93. The van der Waals surface area contributed by atoms with E-state index in [0.717, 1.165) is 24.8 Å². The van der Waals surface area contributed by atoms with E-state index in [0.29, 0.717) is 18.5 Å². The van der Waals surface area contributed by atoms with Crippen LogP contribution in [0.25, 0.3) is 0 Å². The summed E-state index contributed by atoms with van der Waals surface area (Å²) >= 11 is 0. The Morgan fingerprint density at radius 3 is 2.70 bits per heavy atom. The van der Waals surface area contributed by atoms with Gasteiger partial charge in [-0.2, -0.15) is 5.26 Å². The van der Waals surface area contributed by atoms with Crippen LogP contribution in [-0.4, -0.2) is 17.3 Å². The molecule has 0 bridgehead atoms. The molecule has 1 aromatic heterocycles. The minimum Gasteiger partial charge on any atom is -0.247 e. The van der Waals surface area contributed by atoms with Gasteiger partial charge in [0.05, 0.1) is 0 Å². The molecule has 1 heterocycles. The van der Waals surface area contributed by atoms with Gasteiger partial charge in [-0.15, -0.1) is 0 Å². The molecule has 1 aromatic rings. The topological polar surface area (TPSA) is 36.7 Å². The molecule has 2 nitrogen and oxygen atoms in total. The summed E-state index contributed by atoms with van der Waals surface area (Å²) in [6.45, 7) is 2.06. The lowest BCUT2D eigenvalue weighted by atomic mass is 10.0. The molecule has 2 unspecified atom stereocenters. The molecule has 0 aliphatic heterocycles. The minimum atomic E-state index is -1.15. The second kappa shape index (κ2) is 9.41. The Labute approximate surface area is 119 Å². The van der Waals surface area contributed by atoms with Crippen LogP contribution >= 0.6 is 0 Å². The largest absolute Gasteiger partial charge is 0.247 e. The molecular formula is C16H22F2N2. The van der Waals surface area contributed by atoms with Crippen molar-refractivity contribution in [2.24, 2.45) is 0 Å². The summed E-state index contributed by atoms with van der Waals surface area (Å²) in [5, 5.41) is 8.88. The molecule has 0 spiro atoms.